The normalized spacial score (nSPS) is 10.9. The molecule has 0 aliphatic carbocycles. The van der Waals surface area contributed by atoms with Gasteiger partial charge in [-0.2, -0.15) is 0 Å². The van der Waals surface area contributed by atoms with E-state index in [0.717, 1.165) is 15.6 Å². The molecule has 0 spiro atoms. The zero-order chi connectivity index (χ0) is 21.3. The van der Waals surface area contributed by atoms with Gasteiger partial charge >= 0.3 is 5.97 Å². The Morgan fingerprint density at radius 3 is 2.73 bits per heavy atom. The van der Waals surface area contributed by atoms with Gasteiger partial charge in [-0.3, -0.25) is 0 Å². The number of benzene rings is 3. The number of hydrogen-bond donors (Lipinski definition) is 2. The fourth-order valence-corrected chi connectivity index (χ4v) is 3.79. The number of methoxy groups -OCH3 is 1. The molecular weight excluding hydrogens is 448 g/mol. The van der Waals surface area contributed by atoms with Crippen molar-refractivity contribution in [3.63, 3.8) is 0 Å². The summed E-state index contributed by atoms with van der Waals surface area (Å²) in [6, 6.07) is 16.7. The lowest BCUT2D eigenvalue weighted by molar-refractivity contribution is 0.0697. The molecule has 2 N–H and O–H groups in total. The van der Waals surface area contributed by atoms with E-state index < -0.39 is 5.97 Å². The zero-order valence-electron chi connectivity index (χ0n) is 16.4. The Hall–Kier alpha value is -3.32. The first-order valence-electron chi connectivity index (χ1n) is 9.24. The van der Waals surface area contributed by atoms with E-state index in [9.17, 15) is 9.90 Å². The van der Waals surface area contributed by atoms with Gasteiger partial charge in [-0.25, -0.2) is 9.78 Å². The van der Waals surface area contributed by atoms with E-state index in [1.165, 1.54) is 11.6 Å². The largest absolute Gasteiger partial charge is 0.493 e. The Kier molecular flexibility index (Phi) is 5.46. The summed E-state index contributed by atoms with van der Waals surface area (Å²) in [6.07, 6.45) is 0. The molecule has 7 heteroatoms. The molecule has 6 nitrogen and oxygen atoms in total. The summed E-state index contributed by atoms with van der Waals surface area (Å²) >= 11 is 3.57. The number of H-pyrrole nitrogens is 1. The molecule has 0 aliphatic heterocycles. The topological polar surface area (TPSA) is 84.4 Å². The fraction of sp³-hybridized carbons (Fsp3) is 0.130. The van der Waals surface area contributed by atoms with Crippen LogP contribution in [-0.4, -0.2) is 28.2 Å². The van der Waals surface area contributed by atoms with Gasteiger partial charge in [0.05, 0.1) is 28.2 Å². The van der Waals surface area contributed by atoms with Crippen molar-refractivity contribution in [1.29, 1.82) is 0 Å². The molecule has 0 saturated heterocycles. The number of imidazole rings is 1. The van der Waals surface area contributed by atoms with E-state index in [-0.39, 0.29) is 5.56 Å². The van der Waals surface area contributed by atoms with Crippen LogP contribution in [0.25, 0.3) is 22.4 Å². The number of hydrogen-bond acceptors (Lipinski definition) is 4. The Morgan fingerprint density at radius 1 is 1.17 bits per heavy atom. The summed E-state index contributed by atoms with van der Waals surface area (Å²) in [7, 11) is 1.59. The fourth-order valence-electron chi connectivity index (χ4n) is 3.23. The number of halogens is 1. The van der Waals surface area contributed by atoms with Crippen molar-refractivity contribution in [3.05, 3.63) is 75.8 Å². The average Bonchev–Trinajstić information content (AvgIpc) is 3.15. The van der Waals surface area contributed by atoms with Crippen LogP contribution in [-0.2, 0) is 6.61 Å². The van der Waals surface area contributed by atoms with Crippen LogP contribution in [0.4, 0.5) is 0 Å². The molecule has 0 unspecified atom stereocenters. The number of fused-ring (bicyclic) bond motifs is 1. The van der Waals surface area contributed by atoms with Crippen LogP contribution >= 0.6 is 15.9 Å². The van der Waals surface area contributed by atoms with Crippen LogP contribution in [0.5, 0.6) is 11.5 Å². The second kappa shape index (κ2) is 8.20. The number of aryl methyl sites for hydroxylation is 1. The molecule has 0 radical (unpaired) electrons. The summed E-state index contributed by atoms with van der Waals surface area (Å²) in [6.45, 7) is 2.46. The predicted octanol–water partition coefficient (Wildman–Crippen LogP) is 5.59. The summed E-state index contributed by atoms with van der Waals surface area (Å²) in [4.78, 5) is 18.9. The van der Waals surface area contributed by atoms with Crippen molar-refractivity contribution in [2.45, 2.75) is 13.5 Å². The Morgan fingerprint density at radius 2 is 2.00 bits per heavy atom. The molecule has 1 heterocycles. The Balaban J connectivity index is 1.66. The first-order chi connectivity index (χ1) is 14.4. The van der Waals surface area contributed by atoms with Gasteiger partial charge in [0.15, 0.2) is 11.5 Å². The number of ether oxygens (including phenoxy) is 2. The lowest BCUT2D eigenvalue weighted by atomic mass is 10.1. The number of aromatic amines is 1. The van der Waals surface area contributed by atoms with Crippen LogP contribution in [0.2, 0.25) is 0 Å². The van der Waals surface area contributed by atoms with Crippen molar-refractivity contribution >= 4 is 32.9 Å². The minimum absolute atomic E-state index is 0.205. The summed E-state index contributed by atoms with van der Waals surface area (Å²) in [5, 5.41) is 9.18. The van der Waals surface area contributed by atoms with E-state index in [1.807, 2.05) is 37.3 Å². The smallest absolute Gasteiger partial charge is 0.335 e. The molecule has 0 saturated carbocycles. The number of nitrogens with one attached hydrogen (secondary N) is 1. The Labute approximate surface area is 181 Å². The van der Waals surface area contributed by atoms with E-state index in [4.69, 9.17) is 9.47 Å². The highest BCUT2D eigenvalue weighted by Crippen LogP contribution is 2.40. The number of carbonyl (C=O) groups is 1. The minimum Gasteiger partial charge on any atom is -0.493 e. The number of carboxylic acids is 1. The molecule has 4 rings (SSSR count). The SMILES string of the molecule is COc1cc(-c2nc3ccc(C(=O)O)cc3[nH]2)cc(Br)c1OCc1cccc(C)c1. The van der Waals surface area contributed by atoms with E-state index in [0.29, 0.717) is 35.0 Å². The molecule has 1 aromatic heterocycles. The minimum atomic E-state index is -0.979. The first-order valence-corrected chi connectivity index (χ1v) is 10.0. The van der Waals surface area contributed by atoms with Gasteiger partial charge in [0.1, 0.15) is 12.4 Å². The number of aromatic nitrogens is 2. The molecule has 0 fully saturated rings. The van der Waals surface area contributed by atoms with Crippen LogP contribution in [0.15, 0.2) is 59.1 Å². The molecule has 0 amide bonds. The van der Waals surface area contributed by atoms with Gasteiger partial charge in [0.25, 0.3) is 0 Å². The van der Waals surface area contributed by atoms with Gasteiger partial charge in [0.2, 0.25) is 0 Å². The lowest BCUT2D eigenvalue weighted by Gasteiger charge is -2.14. The number of rotatable bonds is 6. The van der Waals surface area contributed by atoms with Gasteiger partial charge in [-0.05, 0) is 58.7 Å². The summed E-state index contributed by atoms with van der Waals surface area (Å²) in [5.74, 6) is 0.801. The molecule has 0 bridgehead atoms. The average molecular weight is 467 g/mol. The van der Waals surface area contributed by atoms with Crippen LogP contribution < -0.4 is 9.47 Å². The highest BCUT2D eigenvalue weighted by atomic mass is 79.9. The van der Waals surface area contributed by atoms with E-state index in [1.54, 1.807) is 19.2 Å². The van der Waals surface area contributed by atoms with Crippen molar-refractivity contribution < 1.29 is 19.4 Å². The third kappa shape index (κ3) is 4.02. The lowest BCUT2D eigenvalue weighted by Crippen LogP contribution is -1.99. The van der Waals surface area contributed by atoms with Gasteiger partial charge in [-0.15, -0.1) is 0 Å². The maximum Gasteiger partial charge on any atom is 0.335 e. The molecular formula is C23H19BrN2O4. The van der Waals surface area contributed by atoms with Crippen molar-refractivity contribution in [3.8, 4) is 22.9 Å². The van der Waals surface area contributed by atoms with Gasteiger partial charge in [-0.1, -0.05) is 29.8 Å². The van der Waals surface area contributed by atoms with Gasteiger partial charge < -0.3 is 19.6 Å². The van der Waals surface area contributed by atoms with E-state index >= 15 is 0 Å². The Bertz CT molecular complexity index is 1250. The monoisotopic (exact) mass is 466 g/mol. The maximum absolute atomic E-state index is 11.2. The quantitative estimate of drug-likeness (QED) is 0.387. The summed E-state index contributed by atoms with van der Waals surface area (Å²) < 4.78 is 12.3. The second-order valence-corrected chi connectivity index (χ2v) is 7.74. The molecule has 30 heavy (non-hydrogen) atoms. The highest BCUT2D eigenvalue weighted by molar-refractivity contribution is 9.10. The van der Waals surface area contributed by atoms with Crippen molar-refractivity contribution in [2.75, 3.05) is 7.11 Å². The van der Waals surface area contributed by atoms with Crippen molar-refractivity contribution in [2.24, 2.45) is 0 Å². The summed E-state index contributed by atoms with van der Waals surface area (Å²) in [5.41, 5.74) is 4.57. The second-order valence-electron chi connectivity index (χ2n) is 6.89. The number of carboxylic acid groups (broad SMARTS) is 1. The van der Waals surface area contributed by atoms with Crippen LogP contribution in [0.3, 0.4) is 0 Å². The molecule has 3 aromatic carbocycles. The molecule has 0 atom stereocenters. The third-order valence-corrected chi connectivity index (χ3v) is 5.29. The third-order valence-electron chi connectivity index (χ3n) is 4.70. The molecule has 0 aliphatic rings. The van der Waals surface area contributed by atoms with Crippen molar-refractivity contribution in [1.82, 2.24) is 9.97 Å². The first kappa shape index (κ1) is 20.0. The predicted molar refractivity (Wildman–Crippen MR) is 118 cm³/mol. The molecule has 152 valence electrons. The number of nitrogens with zero attached hydrogens (tertiary/aromatic N) is 1. The van der Waals surface area contributed by atoms with E-state index in [2.05, 4.69) is 32.0 Å². The number of aromatic carboxylic acids is 1. The molecule has 4 aromatic rings. The standard InChI is InChI=1S/C23H19BrN2O4/c1-13-4-3-5-14(8-13)12-30-21-17(24)9-16(11-20(21)29-2)22-25-18-7-6-15(23(27)28)10-19(18)26-22/h3-11H,12H2,1-2H3,(H,25,26)(H,27,28). The van der Waals surface area contributed by atoms with Gasteiger partial charge in [0, 0.05) is 5.56 Å². The highest BCUT2D eigenvalue weighted by Gasteiger charge is 2.16. The van der Waals surface area contributed by atoms with Crippen LogP contribution in [0, 0.1) is 6.92 Å². The van der Waals surface area contributed by atoms with Crippen LogP contribution in [0.1, 0.15) is 21.5 Å². The maximum atomic E-state index is 11.2. The zero-order valence-corrected chi connectivity index (χ0v) is 18.0.